The van der Waals surface area contributed by atoms with Gasteiger partial charge in [-0.1, -0.05) is 0 Å². The minimum Gasteiger partial charge on any atom is -0.343 e. The molecule has 0 spiro atoms. The van der Waals surface area contributed by atoms with E-state index in [1.165, 1.54) is 19.1 Å². The standard InChI is InChI=1S/C15H17BrN2O3S/c1-11(19)18-6-4-12(5-7-18)10-22(20,21)14-2-3-15(16)13(8-14)9-17/h2-3,8,12H,4-7,10H2,1H3. The van der Waals surface area contributed by atoms with Gasteiger partial charge < -0.3 is 4.90 Å². The zero-order valence-electron chi connectivity index (χ0n) is 12.3. The molecule has 0 unspecified atom stereocenters. The van der Waals surface area contributed by atoms with E-state index in [-0.39, 0.29) is 22.5 Å². The van der Waals surface area contributed by atoms with Crippen molar-refractivity contribution in [3.8, 4) is 6.07 Å². The molecule has 22 heavy (non-hydrogen) atoms. The van der Waals surface area contributed by atoms with E-state index < -0.39 is 9.84 Å². The number of piperidine rings is 1. The predicted molar refractivity (Wildman–Crippen MR) is 85.9 cm³/mol. The van der Waals surface area contributed by atoms with E-state index in [1.807, 2.05) is 6.07 Å². The van der Waals surface area contributed by atoms with Gasteiger partial charge in [-0.15, -0.1) is 0 Å². The highest BCUT2D eigenvalue weighted by Crippen LogP contribution is 2.25. The Balaban J connectivity index is 2.09. The Labute approximate surface area is 139 Å². The molecule has 1 fully saturated rings. The van der Waals surface area contributed by atoms with E-state index in [1.54, 1.807) is 11.0 Å². The summed E-state index contributed by atoms with van der Waals surface area (Å²) in [5, 5.41) is 9.00. The van der Waals surface area contributed by atoms with Crippen molar-refractivity contribution in [2.24, 2.45) is 5.92 Å². The average Bonchev–Trinajstić information content (AvgIpc) is 2.47. The summed E-state index contributed by atoms with van der Waals surface area (Å²) in [5.41, 5.74) is 0.312. The predicted octanol–water partition coefficient (Wildman–Crippen LogP) is 2.35. The molecular weight excluding hydrogens is 368 g/mol. The molecule has 0 bridgehead atoms. The summed E-state index contributed by atoms with van der Waals surface area (Å²) in [4.78, 5) is 13.2. The van der Waals surface area contributed by atoms with Crippen LogP contribution in [0.25, 0.3) is 0 Å². The van der Waals surface area contributed by atoms with Crippen LogP contribution in [0.2, 0.25) is 0 Å². The van der Waals surface area contributed by atoms with Crippen molar-refractivity contribution in [2.75, 3.05) is 18.8 Å². The van der Waals surface area contributed by atoms with Crippen LogP contribution in [0.5, 0.6) is 0 Å². The number of carbonyl (C=O) groups excluding carboxylic acids is 1. The Kier molecular flexibility index (Phi) is 5.24. The van der Waals surface area contributed by atoms with E-state index in [2.05, 4.69) is 15.9 Å². The second-order valence-electron chi connectivity index (χ2n) is 5.48. The summed E-state index contributed by atoms with van der Waals surface area (Å²) in [6, 6.07) is 6.49. The molecule has 1 heterocycles. The van der Waals surface area contributed by atoms with Crippen LogP contribution in [0.15, 0.2) is 27.6 Å². The first-order chi connectivity index (χ1) is 10.3. The summed E-state index contributed by atoms with van der Waals surface area (Å²) in [5.74, 6) is 0.147. The fourth-order valence-corrected chi connectivity index (χ4v) is 4.66. The molecule has 1 amide bonds. The highest BCUT2D eigenvalue weighted by molar-refractivity contribution is 9.10. The maximum absolute atomic E-state index is 12.5. The summed E-state index contributed by atoms with van der Waals surface area (Å²) < 4.78 is 25.6. The van der Waals surface area contributed by atoms with Crippen molar-refractivity contribution >= 4 is 31.7 Å². The van der Waals surface area contributed by atoms with Crippen LogP contribution in [-0.2, 0) is 14.6 Å². The smallest absolute Gasteiger partial charge is 0.219 e. The summed E-state index contributed by atoms with van der Waals surface area (Å²) in [6.45, 7) is 2.75. The third-order valence-electron chi connectivity index (χ3n) is 3.93. The molecular formula is C15H17BrN2O3S. The lowest BCUT2D eigenvalue weighted by Gasteiger charge is -2.31. The second-order valence-corrected chi connectivity index (χ2v) is 8.37. The summed E-state index contributed by atoms with van der Waals surface area (Å²) in [7, 11) is -3.42. The Morgan fingerprint density at radius 1 is 1.41 bits per heavy atom. The van der Waals surface area contributed by atoms with Crippen LogP contribution in [0.3, 0.4) is 0 Å². The SMILES string of the molecule is CC(=O)N1CCC(CS(=O)(=O)c2ccc(Br)c(C#N)c2)CC1. The number of rotatable bonds is 3. The first kappa shape index (κ1) is 17.0. The molecule has 1 aromatic rings. The van der Waals surface area contributed by atoms with Crippen molar-refractivity contribution < 1.29 is 13.2 Å². The number of amides is 1. The van der Waals surface area contributed by atoms with Gasteiger partial charge in [-0.3, -0.25) is 4.79 Å². The lowest BCUT2D eigenvalue weighted by Crippen LogP contribution is -2.38. The molecule has 2 rings (SSSR count). The number of benzene rings is 1. The van der Waals surface area contributed by atoms with Gasteiger partial charge in [-0.2, -0.15) is 5.26 Å². The van der Waals surface area contributed by atoms with Crippen LogP contribution in [-0.4, -0.2) is 38.1 Å². The van der Waals surface area contributed by atoms with E-state index in [0.29, 0.717) is 36.0 Å². The molecule has 118 valence electrons. The van der Waals surface area contributed by atoms with Gasteiger partial charge in [-0.25, -0.2) is 8.42 Å². The molecule has 0 radical (unpaired) electrons. The molecule has 1 aromatic carbocycles. The second kappa shape index (κ2) is 6.80. The number of hydrogen-bond acceptors (Lipinski definition) is 4. The van der Waals surface area contributed by atoms with Gasteiger partial charge in [0.1, 0.15) is 6.07 Å². The van der Waals surface area contributed by atoms with Crippen molar-refractivity contribution in [1.82, 2.24) is 4.90 Å². The van der Waals surface area contributed by atoms with E-state index in [0.717, 1.165) is 0 Å². The molecule has 0 atom stereocenters. The Hall–Kier alpha value is -1.39. The van der Waals surface area contributed by atoms with Gasteiger partial charge >= 0.3 is 0 Å². The van der Waals surface area contributed by atoms with Gasteiger partial charge in [0.05, 0.1) is 16.2 Å². The molecule has 0 aliphatic carbocycles. The largest absolute Gasteiger partial charge is 0.343 e. The molecule has 7 heteroatoms. The molecule has 0 saturated carbocycles. The van der Waals surface area contributed by atoms with Gasteiger partial charge in [0.2, 0.25) is 5.91 Å². The lowest BCUT2D eigenvalue weighted by molar-refractivity contribution is -0.130. The number of likely N-dealkylation sites (tertiary alicyclic amines) is 1. The van der Waals surface area contributed by atoms with E-state index in [4.69, 9.17) is 5.26 Å². The normalized spacial score (nSPS) is 16.3. The zero-order valence-corrected chi connectivity index (χ0v) is 14.7. The maximum atomic E-state index is 12.5. The molecule has 1 aliphatic heterocycles. The molecule has 1 saturated heterocycles. The van der Waals surface area contributed by atoms with Crippen LogP contribution >= 0.6 is 15.9 Å². The molecule has 5 nitrogen and oxygen atoms in total. The third kappa shape index (κ3) is 3.87. The number of nitrogens with zero attached hydrogens (tertiary/aromatic N) is 2. The minimum absolute atomic E-state index is 0.0351. The minimum atomic E-state index is -3.42. The van der Waals surface area contributed by atoms with Crippen LogP contribution in [0.1, 0.15) is 25.3 Å². The fraction of sp³-hybridized carbons (Fsp3) is 0.467. The fourth-order valence-electron chi connectivity index (χ4n) is 2.60. The van der Waals surface area contributed by atoms with Crippen LogP contribution < -0.4 is 0 Å². The monoisotopic (exact) mass is 384 g/mol. The quantitative estimate of drug-likeness (QED) is 0.800. The first-order valence-electron chi connectivity index (χ1n) is 7.01. The van der Waals surface area contributed by atoms with Crippen LogP contribution in [0, 0.1) is 17.2 Å². The number of nitriles is 1. The van der Waals surface area contributed by atoms with Crippen molar-refractivity contribution in [2.45, 2.75) is 24.7 Å². The van der Waals surface area contributed by atoms with Crippen molar-refractivity contribution in [3.63, 3.8) is 0 Å². The van der Waals surface area contributed by atoms with E-state index >= 15 is 0 Å². The number of halogens is 1. The summed E-state index contributed by atoms with van der Waals surface area (Å²) >= 11 is 3.22. The van der Waals surface area contributed by atoms with Gasteiger partial charge in [0, 0.05) is 24.5 Å². The van der Waals surface area contributed by atoms with Crippen molar-refractivity contribution in [3.05, 3.63) is 28.2 Å². The number of carbonyl (C=O) groups is 1. The summed E-state index contributed by atoms with van der Waals surface area (Å²) in [6.07, 6.45) is 1.39. The number of sulfone groups is 1. The molecule has 0 N–H and O–H groups in total. The zero-order chi connectivity index (χ0) is 16.3. The van der Waals surface area contributed by atoms with Gasteiger partial charge in [0.25, 0.3) is 0 Å². The number of hydrogen-bond donors (Lipinski definition) is 0. The highest BCUT2D eigenvalue weighted by atomic mass is 79.9. The first-order valence-corrected chi connectivity index (χ1v) is 9.46. The third-order valence-corrected chi connectivity index (χ3v) is 6.51. The highest BCUT2D eigenvalue weighted by Gasteiger charge is 2.26. The van der Waals surface area contributed by atoms with Crippen LogP contribution in [0.4, 0.5) is 0 Å². The Bertz CT molecular complexity index is 717. The molecule has 1 aliphatic rings. The van der Waals surface area contributed by atoms with Gasteiger partial charge in [-0.05, 0) is 52.9 Å². The van der Waals surface area contributed by atoms with Crippen molar-refractivity contribution in [1.29, 1.82) is 5.26 Å². The van der Waals surface area contributed by atoms with Gasteiger partial charge in [0.15, 0.2) is 9.84 Å². The Morgan fingerprint density at radius 3 is 2.59 bits per heavy atom. The lowest BCUT2D eigenvalue weighted by atomic mass is 9.99. The topological polar surface area (TPSA) is 78.2 Å². The average molecular weight is 385 g/mol. The maximum Gasteiger partial charge on any atom is 0.219 e. The van der Waals surface area contributed by atoms with E-state index in [9.17, 15) is 13.2 Å². The Morgan fingerprint density at radius 2 is 2.05 bits per heavy atom. The molecule has 0 aromatic heterocycles.